The minimum atomic E-state index is -1.13. The number of benzene rings is 1. The Morgan fingerprint density at radius 3 is 2.05 bits per heavy atom. The van der Waals surface area contributed by atoms with E-state index in [0.717, 1.165) is 6.07 Å². The number of aryl methyl sites for hydroxylation is 1. The van der Waals surface area contributed by atoms with E-state index >= 15 is 0 Å². The third-order valence-corrected chi connectivity index (χ3v) is 2.09. The Hall–Kier alpha value is -2.97. The molecule has 0 saturated carbocycles. The van der Waals surface area contributed by atoms with Gasteiger partial charge in [-0.3, -0.25) is 0 Å². The smallest absolute Gasteiger partial charge is 0.335 e. The molecule has 0 aliphatic heterocycles. The zero-order valence-electron chi connectivity index (χ0n) is 10.8. The molecule has 2 aromatic rings. The van der Waals surface area contributed by atoms with Gasteiger partial charge in [0.05, 0.1) is 18.2 Å². The molecule has 0 aliphatic rings. The summed E-state index contributed by atoms with van der Waals surface area (Å²) in [6.07, 6.45) is 0. The molecule has 0 amide bonds. The van der Waals surface area contributed by atoms with Crippen LogP contribution in [0, 0.1) is 0 Å². The molecule has 0 radical (unpaired) electrons. The fourth-order valence-electron chi connectivity index (χ4n) is 1.17. The maximum absolute atomic E-state index is 10.4. The molecule has 1 heterocycles. The minimum Gasteiger partial charge on any atom is -0.478 e. The lowest BCUT2D eigenvalue weighted by atomic mass is 10.1. The van der Waals surface area contributed by atoms with E-state index < -0.39 is 11.9 Å². The molecule has 1 aromatic carbocycles. The highest BCUT2D eigenvalue weighted by Gasteiger charge is 2.06. The predicted octanol–water partition coefficient (Wildman–Crippen LogP) is 0.335. The molecule has 0 fully saturated rings. The number of carboxylic acids is 2. The van der Waals surface area contributed by atoms with E-state index in [4.69, 9.17) is 10.2 Å². The Kier molecular flexibility index (Phi) is 5.15. The molecule has 0 saturated heterocycles. The second-order valence-corrected chi connectivity index (χ2v) is 3.54. The molecule has 0 spiro atoms. The van der Waals surface area contributed by atoms with E-state index in [9.17, 15) is 9.59 Å². The summed E-state index contributed by atoms with van der Waals surface area (Å²) in [4.78, 5) is 22.2. The summed E-state index contributed by atoms with van der Waals surface area (Å²) in [5, 5.41) is 30.8. The summed E-state index contributed by atoms with van der Waals surface area (Å²) < 4.78 is 0. The Morgan fingerprint density at radius 2 is 1.75 bits per heavy atom. The molecule has 0 unspecified atom stereocenters. The van der Waals surface area contributed by atoms with Crippen molar-refractivity contribution in [3.05, 3.63) is 35.4 Å². The van der Waals surface area contributed by atoms with Crippen molar-refractivity contribution in [1.29, 1.82) is 0 Å². The van der Waals surface area contributed by atoms with Crippen molar-refractivity contribution in [1.82, 2.24) is 20.2 Å². The summed E-state index contributed by atoms with van der Waals surface area (Å²) in [5.74, 6) is -1.70. The maximum atomic E-state index is 10.4. The zero-order valence-corrected chi connectivity index (χ0v) is 10.8. The van der Waals surface area contributed by atoms with Crippen LogP contribution in [0.4, 0.5) is 5.95 Å². The van der Waals surface area contributed by atoms with Crippen LogP contribution in [0.5, 0.6) is 0 Å². The van der Waals surface area contributed by atoms with Crippen molar-refractivity contribution in [3.63, 3.8) is 0 Å². The average molecular weight is 279 g/mol. The Labute approximate surface area is 113 Å². The number of tetrazole rings is 1. The number of nitrogens with one attached hydrogen (secondary N) is 1. The van der Waals surface area contributed by atoms with Crippen LogP contribution in [0.3, 0.4) is 0 Å². The van der Waals surface area contributed by atoms with Gasteiger partial charge in [0.2, 0.25) is 0 Å². The molecule has 9 heteroatoms. The highest BCUT2D eigenvalue weighted by Crippen LogP contribution is 2.04. The largest absolute Gasteiger partial charge is 0.478 e. The van der Waals surface area contributed by atoms with Gasteiger partial charge in [0.1, 0.15) is 0 Å². The number of hydrogen-bond acceptors (Lipinski definition) is 6. The van der Waals surface area contributed by atoms with E-state index in [1.807, 2.05) is 0 Å². The highest BCUT2D eigenvalue weighted by atomic mass is 16.4. The first-order valence-corrected chi connectivity index (χ1v) is 5.42. The number of aromatic carboxylic acids is 2. The van der Waals surface area contributed by atoms with E-state index in [-0.39, 0.29) is 11.1 Å². The number of carbonyl (C=O) groups is 2. The van der Waals surface area contributed by atoms with Gasteiger partial charge in [-0.05, 0) is 23.4 Å². The van der Waals surface area contributed by atoms with Crippen molar-refractivity contribution in [2.45, 2.75) is 0 Å². The highest BCUT2D eigenvalue weighted by molar-refractivity contribution is 5.93. The van der Waals surface area contributed by atoms with Crippen molar-refractivity contribution in [2.24, 2.45) is 7.05 Å². The van der Waals surface area contributed by atoms with Gasteiger partial charge in [-0.1, -0.05) is 11.2 Å². The van der Waals surface area contributed by atoms with E-state index in [1.165, 1.54) is 23.0 Å². The lowest BCUT2D eigenvalue weighted by molar-refractivity contribution is 0.0696. The van der Waals surface area contributed by atoms with Crippen LogP contribution in [-0.4, -0.2) is 49.4 Å². The van der Waals surface area contributed by atoms with Crippen molar-refractivity contribution in [3.8, 4) is 0 Å². The SMILES string of the molecule is CNc1nnn(C)n1.O=C(O)c1cccc(C(=O)O)c1. The van der Waals surface area contributed by atoms with Crippen LogP contribution in [0.25, 0.3) is 0 Å². The molecule has 0 aliphatic carbocycles. The molecule has 0 bridgehead atoms. The normalized spacial score (nSPS) is 9.30. The lowest BCUT2D eigenvalue weighted by Gasteiger charge is -1.95. The number of aromatic nitrogens is 4. The number of carboxylic acid groups (broad SMARTS) is 2. The number of hydrogen-bond donors (Lipinski definition) is 3. The van der Waals surface area contributed by atoms with Crippen LogP contribution >= 0.6 is 0 Å². The summed E-state index contributed by atoms with van der Waals surface area (Å²) in [6.45, 7) is 0. The molecular formula is C11H13N5O4. The molecule has 2 rings (SSSR count). The van der Waals surface area contributed by atoms with E-state index in [2.05, 4.69) is 20.7 Å². The third-order valence-electron chi connectivity index (χ3n) is 2.09. The summed E-state index contributed by atoms with van der Waals surface area (Å²) >= 11 is 0. The second-order valence-electron chi connectivity index (χ2n) is 3.54. The Balaban J connectivity index is 0.000000217. The van der Waals surface area contributed by atoms with Gasteiger partial charge in [-0.2, -0.15) is 4.80 Å². The first kappa shape index (κ1) is 15.1. The number of nitrogens with zero attached hydrogens (tertiary/aromatic N) is 4. The quantitative estimate of drug-likeness (QED) is 0.732. The molecule has 106 valence electrons. The van der Waals surface area contributed by atoms with Crippen LogP contribution in [-0.2, 0) is 7.05 Å². The average Bonchev–Trinajstić information content (AvgIpc) is 2.85. The van der Waals surface area contributed by atoms with Gasteiger partial charge in [0.25, 0.3) is 5.95 Å². The number of rotatable bonds is 3. The first-order valence-electron chi connectivity index (χ1n) is 5.42. The van der Waals surface area contributed by atoms with Crippen LogP contribution in [0.15, 0.2) is 24.3 Å². The molecule has 1 aromatic heterocycles. The third kappa shape index (κ3) is 4.37. The fourth-order valence-corrected chi connectivity index (χ4v) is 1.17. The zero-order chi connectivity index (χ0) is 15.1. The Bertz CT molecular complexity index is 581. The Morgan fingerprint density at radius 1 is 1.20 bits per heavy atom. The van der Waals surface area contributed by atoms with Gasteiger partial charge in [0, 0.05) is 7.05 Å². The van der Waals surface area contributed by atoms with Crippen LogP contribution in [0.1, 0.15) is 20.7 Å². The molecular weight excluding hydrogens is 266 g/mol. The summed E-state index contributed by atoms with van der Waals surface area (Å²) in [5.41, 5.74) is -0.0372. The topological polar surface area (TPSA) is 130 Å². The van der Waals surface area contributed by atoms with Crippen molar-refractivity contribution < 1.29 is 19.8 Å². The predicted molar refractivity (Wildman–Crippen MR) is 68.7 cm³/mol. The first-order chi connectivity index (χ1) is 9.43. The summed E-state index contributed by atoms with van der Waals surface area (Å²) in [7, 11) is 3.46. The molecule has 9 nitrogen and oxygen atoms in total. The van der Waals surface area contributed by atoms with Gasteiger partial charge in [-0.15, -0.1) is 5.10 Å². The van der Waals surface area contributed by atoms with E-state index in [0.29, 0.717) is 5.95 Å². The maximum Gasteiger partial charge on any atom is 0.335 e. The molecule has 0 atom stereocenters. The van der Waals surface area contributed by atoms with Crippen LogP contribution < -0.4 is 5.32 Å². The van der Waals surface area contributed by atoms with E-state index in [1.54, 1.807) is 14.1 Å². The monoisotopic (exact) mass is 279 g/mol. The second kappa shape index (κ2) is 6.83. The summed E-state index contributed by atoms with van der Waals surface area (Å²) in [6, 6.07) is 5.20. The number of anilines is 1. The van der Waals surface area contributed by atoms with Crippen molar-refractivity contribution in [2.75, 3.05) is 12.4 Å². The van der Waals surface area contributed by atoms with Crippen LogP contribution in [0.2, 0.25) is 0 Å². The van der Waals surface area contributed by atoms with Gasteiger partial charge in [0.15, 0.2) is 0 Å². The fraction of sp³-hybridized carbons (Fsp3) is 0.182. The molecule has 3 N–H and O–H groups in total. The standard InChI is InChI=1S/C8H6O4.C3H7N5/c9-7(10)5-2-1-3-6(4-5)8(11)12;1-4-3-5-7-8(2)6-3/h1-4H,(H,9,10)(H,11,12);1-2H3,(H,4,6). The minimum absolute atomic E-state index is 0.0186. The van der Waals surface area contributed by atoms with Gasteiger partial charge >= 0.3 is 11.9 Å². The van der Waals surface area contributed by atoms with Gasteiger partial charge < -0.3 is 15.5 Å². The lowest BCUT2D eigenvalue weighted by Crippen LogP contribution is -2.01. The molecule has 20 heavy (non-hydrogen) atoms. The van der Waals surface area contributed by atoms with Crippen molar-refractivity contribution >= 4 is 17.9 Å². The van der Waals surface area contributed by atoms with Gasteiger partial charge in [-0.25, -0.2) is 9.59 Å².